The van der Waals surface area contributed by atoms with Gasteiger partial charge in [-0.3, -0.25) is 9.69 Å². The second-order valence-corrected chi connectivity index (χ2v) is 6.80. The number of aliphatic carboxylic acids is 1. The van der Waals surface area contributed by atoms with Crippen molar-refractivity contribution in [1.82, 2.24) is 4.90 Å². The van der Waals surface area contributed by atoms with Crippen LogP contribution < -0.4 is 9.47 Å². The van der Waals surface area contributed by atoms with Crippen LogP contribution in [0.4, 0.5) is 0 Å². The fraction of sp³-hybridized carbons (Fsp3) is 0.286. The minimum atomic E-state index is -0.702. The van der Waals surface area contributed by atoms with Gasteiger partial charge >= 0.3 is 5.97 Å². The first kappa shape index (κ1) is 16.7. The van der Waals surface area contributed by atoms with E-state index in [-0.39, 0.29) is 5.92 Å². The van der Waals surface area contributed by atoms with Crippen LogP contribution in [0, 0.1) is 5.92 Å². The highest BCUT2D eigenvalue weighted by Gasteiger charge is 2.32. The van der Waals surface area contributed by atoms with Gasteiger partial charge in [-0.15, -0.1) is 0 Å². The van der Waals surface area contributed by atoms with E-state index in [1.54, 1.807) is 7.11 Å². The van der Waals surface area contributed by atoms with Crippen molar-refractivity contribution < 1.29 is 19.4 Å². The van der Waals surface area contributed by atoms with E-state index >= 15 is 0 Å². The Morgan fingerprint density at radius 2 is 1.92 bits per heavy atom. The Bertz CT molecular complexity index is 851. The minimum Gasteiger partial charge on any atom is -0.497 e. The maximum atomic E-state index is 10.9. The van der Waals surface area contributed by atoms with Gasteiger partial charge in [-0.25, -0.2) is 0 Å². The van der Waals surface area contributed by atoms with Gasteiger partial charge in [0, 0.05) is 25.2 Å². The van der Waals surface area contributed by atoms with Gasteiger partial charge in [0.05, 0.1) is 13.0 Å². The molecule has 0 amide bonds. The van der Waals surface area contributed by atoms with Crippen LogP contribution in [0.3, 0.4) is 0 Å². The van der Waals surface area contributed by atoms with E-state index in [2.05, 4.69) is 29.2 Å². The molecule has 0 aromatic heterocycles. The topological polar surface area (TPSA) is 59.0 Å². The fourth-order valence-corrected chi connectivity index (χ4v) is 3.41. The third-order valence-electron chi connectivity index (χ3n) is 4.94. The summed E-state index contributed by atoms with van der Waals surface area (Å²) in [4.78, 5) is 13.0. The average Bonchev–Trinajstić information content (AvgIpc) is 2.63. The van der Waals surface area contributed by atoms with Crippen LogP contribution in [0.5, 0.6) is 11.5 Å². The average molecular weight is 351 g/mol. The number of carboxylic acids is 1. The van der Waals surface area contributed by atoms with Crippen molar-refractivity contribution in [2.45, 2.75) is 0 Å². The van der Waals surface area contributed by atoms with Gasteiger partial charge in [0.2, 0.25) is 0 Å². The summed E-state index contributed by atoms with van der Waals surface area (Å²) in [6, 6.07) is 14.2. The van der Waals surface area contributed by atoms with Gasteiger partial charge in [0.15, 0.2) is 0 Å². The number of carboxylic acid groups (broad SMARTS) is 1. The molecule has 5 heteroatoms. The molecule has 1 fully saturated rings. The summed E-state index contributed by atoms with van der Waals surface area (Å²) in [5.41, 5.74) is 4.47. The van der Waals surface area contributed by atoms with E-state index in [1.807, 2.05) is 24.3 Å². The highest BCUT2D eigenvalue weighted by Crippen LogP contribution is 2.33. The maximum Gasteiger partial charge on any atom is 0.309 e. The third-order valence-corrected chi connectivity index (χ3v) is 4.94. The number of benzene rings is 2. The molecule has 5 nitrogen and oxygen atoms in total. The Balaban J connectivity index is 1.46. The van der Waals surface area contributed by atoms with Crippen molar-refractivity contribution in [1.29, 1.82) is 0 Å². The van der Waals surface area contributed by atoms with Gasteiger partial charge in [0.25, 0.3) is 0 Å². The zero-order valence-corrected chi connectivity index (χ0v) is 14.6. The van der Waals surface area contributed by atoms with E-state index < -0.39 is 5.97 Å². The van der Waals surface area contributed by atoms with Crippen LogP contribution in [-0.2, 0) is 4.79 Å². The first-order chi connectivity index (χ1) is 12.6. The molecule has 4 rings (SSSR count). The highest BCUT2D eigenvalue weighted by molar-refractivity contribution is 5.73. The number of hydrogen-bond acceptors (Lipinski definition) is 4. The molecule has 0 unspecified atom stereocenters. The van der Waals surface area contributed by atoms with Crippen LogP contribution in [0.1, 0.15) is 5.56 Å². The quantitative estimate of drug-likeness (QED) is 0.897. The third kappa shape index (κ3) is 3.30. The van der Waals surface area contributed by atoms with Crippen molar-refractivity contribution in [3.05, 3.63) is 53.6 Å². The lowest BCUT2D eigenvalue weighted by Crippen LogP contribution is -2.51. The molecule has 1 N–H and O–H groups in total. The number of fused-ring (bicyclic) bond motifs is 1. The molecule has 0 spiro atoms. The van der Waals surface area contributed by atoms with Crippen LogP contribution in [0.25, 0.3) is 17.2 Å². The summed E-state index contributed by atoms with van der Waals surface area (Å²) < 4.78 is 11.2. The lowest BCUT2D eigenvalue weighted by Gasteiger charge is -2.37. The van der Waals surface area contributed by atoms with Gasteiger partial charge in [0.1, 0.15) is 18.1 Å². The Kier molecular flexibility index (Phi) is 4.39. The molecule has 0 aliphatic carbocycles. The Labute approximate surface area is 152 Å². The lowest BCUT2D eigenvalue weighted by atomic mass is 9.97. The van der Waals surface area contributed by atoms with Crippen molar-refractivity contribution in [2.75, 3.05) is 33.4 Å². The molecule has 2 aliphatic heterocycles. The zero-order chi connectivity index (χ0) is 18.1. The summed E-state index contributed by atoms with van der Waals surface area (Å²) >= 11 is 0. The van der Waals surface area contributed by atoms with Gasteiger partial charge < -0.3 is 14.6 Å². The van der Waals surface area contributed by atoms with E-state index in [0.717, 1.165) is 34.7 Å². The highest BCUT2D eigenvalue weighted by atomic mass is 16.5. The monoisotopic (exact) mass is 351 g/mol. The zero-order valence-electron chi connectivity index (χ0n) is 14.6. The van der Waals surface area contributed by atoms with Gasteiger partial charge in [-0.2, -0.15) is 0 Å². The minimum absolute atomic E-state index is 0.223. The van der Waals surface area contributed by atoms with Crippen molar-refractivity contribution >= 4 is 12.0 Å². The first-order valence-electron chi connectivity index (χ1n) is 8.68. The summed E-state index contributed by atoms with van der Waals surface area (Å²) in [5, 5.41) is 8.96. The molecule has 134 valence electrons. The van der Waals surface area contributed by atoms with E-state index in [9.17, 15) is 4.79 Å². The molecule has 26 heavy (non-hydrogen) atoms. The number of hydrogen-bond donors (Lipinski definition) is 1. The summed E-state index contributed by atoms with van der Waals surface area (Å²) in [7, 11) is 1.66. The molecule has 2 aromatic carbocycles. The largest absolute Gasteiger partial charge is 0.497 e. The number of methoxy groups -OCH3 is 1. The van der Waals surface area contributed by atoms with E-state index in [0.29, 0.717) is 19.7 Å². The maximum absolute atomic E-state index is 10.9. The smallest absolute Gasteiger partial charge is 0.309 e. The van der Waals surface area contributed by atoms with Crippen LogP contribution in [0.15, 0.2) is 48.0 Å². The first-order valence-corrected chi connectivity index (χ1v) is 8.68. The normalized spacial score (nSPS) is 16.9. The lowest BCUT2D eigenvalue weighted by molar-refractivity contribution is -0.147. The molecule has 0 atom stereocenters. The van der Waals surface area contributed by atoms with Crippen molar-refractivity contribution in [3.63, 3.8) is 0 Å². The number of nitrogens with zero attached hydrogens (tertiary/aromatic N) is 1. The Morgan fingerprint density at radius 1 is 1.19 bits per heavy atom. The molecule has 0 saturated carbocycles. The van der Waals surface area contributed by atoms with Crippen LogP contribution in [-0.4, -0.2) is 49.3 Å². The number of rotatable bonds is 5. The van der Waals surface area contributed by atoms with Crippen molar-refractivity contribution in [2.24, 2.45) is 5.92 Å². The summed E-state index contributed by atoms with van der Waals surface area (Å²) in [5.74, 6) is 0.798. The number of carbonyl (C=O) groups is 1. The predicted octanol–water partition coefficient (Wildman–Crippen LogP) is 3.15. The number of likely N-dealkylation sites (tertiary alicyclic amines) is 1. The molecule has 2 aliphatic rings. The standard InChI is InChI=1S/C21H21NO4/c1-25-19-6-4-15(5-7-19)16-2-3-17-8-14(13-26-20(17)9-16)10-22-11-18(12-22)21(23)24/h2-9,18H,10-13H2,1H3,(H,23,24). The molecular weight excluding hydrogens is 330 g/mol. The predicted molar refractivity (Wildman–Crippen MR) is 99.5 cm³/mol. The van der Waals surface area contributed by atoms with E-state index in [1.165, 1.54) is 5.57 Å². The molecular formula is C21H21NO4. The molecule has 1 saturated heterocycles. The summed E-state index contributed by atoms with van der Waals surface area (Å²) in [6.45, 7) is 2.56. The van der Waals surface area contributed by atoms with E-state index in [4.69, 9.17) is 14.6 Å². The molecule has 0 bridgehead atoms. The van der Waals surface area contributed by atoms with Crippen LogP contribution >= 0.6 is 0 Å². The Hall–Kier alpha value is -2.79. The van der Waals surface area contributed by atoms with Gasteiger partial charge in [-0.1, -0.05) is 24.3 Å². The second kappa shape index (κ2) is 6.84. The molecule has 2 aromatic rings. The molecule has 0 radical (unpaired) electrons. The summed E-state index contributed by atoms with van der Waals surface area (Å²) in [6.07, 6.45) is 2.16. The second-order valence-electron chi connectivity index (χ2n) is 6.80. The van der Waals surface area contributed by atoms with Crippen LogP contribution in [0.2, 0.25) is 0 Å². The fourth-order valence-electron chi connectivity index (χ4n) is 3.41. The number of ether oxygens (including phenoxy) is 2. The SMILES string of the molecule is COc1ccc(-c2ccc3c(c2)OCC(CN2CC(C(=O)O)C2)=C3)cc1. The van der Waals surface area contributed by atoms with Gasteiger partial charge in [-0.05, 0) is 41.0 Å². The Morgan fingerprint density at radius 3 is 2.62 bits per heavy atom. The molecule has 2 heterocycles. The van der Waals surface area contributed by atoms with Crippen molar-refractivity contribution in [3.8, 4) is 22.6 Å².